The highest BCUT2D eigenvalue weighted by Gasteiger charge is 2.21. The summed E-state index contributed by atoms with van der Waals surface area (Å²) < 4.78 is 17.7. The molecule has 36 heavy (non-hydrogen) atoms. The smallest absolute Gasteiger partial charge is 0.272 e. The summed E-state index contributed by atoms with van der Waals surface area (Å²) in [6.45, 7) is 0.509. The van der Waals surface area contributed by atoms with E-state index < -0.39 is 0 Å². The summed E-state index contributed by atoms with van der Waals surface area (Å²) in [7, 11) is 6.62. The van der Waals surface area contributed by atoms with Crippen molar-refractivity contribution in [2.24, 2.45) is 0 Å². The first-order chi connectivity index (χ1) is 17.4. The summed E-state index contributed by atoms with van der Waals surface area (Å²) in [6.07, 6.45) is 0.653. The third-order valence-electron chi connectivity index (χ3n) is 5.90. The second-order valence-corrected chi connectivity index (χ2v) is 8.64. The van der Waals surface area contributed by atoms with Gasteiger partial charge < -0.3 is 19.1 Å². The van der Waals surface area contributed by atoms with Crippen LogP contribution < -0.4 is 14.2 Å². The van der Waals surface area contributed by atoms with Crippen molar-refractivity contribution in [1.29, 1.82) is 0 Å². The summed E-state index contributed by atoms with van der Waals surface area (Å²) >= 11 is 6.09. The SMILES string of the molecule is COc1cccc(-c2cc(C(=O)N(C)CCc3ccc(OC)c(OC)c3)n(-c3ccc(Cl)cc3)n2)c1. The van der Waals surface area contributed by atoms with Crippen molar-refractivity contribution < 1.29 is 19.0 Å². The van der Waals surface area contributed by atoms with Gasteiger partial charge in [0.1, 0.15) is 11.4 Å². The van der Waals surface area contributed by atoms with Gasteiger partial charge in [-0.15, -0.1) is 0 Å². The maximum Gasteiger partial charge on any atom is 0.272 e. The lowest BCUT2D eigenvalue weighted by atomic mass is 10.1. The number of halogens is 1. The molecule has 7 nitrogen and oxygen atoms in total. The molecule has 0 N–H and O–H groups in total. The lowest BCUT2D eigenvalue weighted by Gasteiger charge is -2.18. The van der Waals surface area contributed by atoms with E-state index in [1.54, 1.807) is 56.2 Å². The van der Waals surface area contributed by atoms with Crippen LogP contribution in [0.3, 0.4) is 0 Å². The van der Waals surface area contributed by atoms with Gasteiger partial charge in [-0.25, -0.2) is 4.68 Å². The van der Waals surface area contributed by atoms with Gasteiger partial charge >= 0.3 is 0 Å². The molecule has 1 heterocycles. The zero-order valence-electron chi connectivity index (χ0n) is 20.7. The number of benzene rings is 3. The molecule has 0 saturated carbocycles. The summed E-state index contributed by atoms with van der Waals surface area (Å²) in [5, 5.41) is 5.37. The number of ether oxygens (including phenoxy) is 3. The quantitative estimate of drug-likeness (QED) is 0.299. The minimum atomic E-state index is -0.146. The first-order valence-electron chi connectivity index (χ1n) is 11.4. The third kappa shape index (κ3) is 5.47. The first kappa shape index (κ1) is 25.1. The van der Waals surface area contributed by atoms with Crippen LogP contribution in [0.2, 0.25) is 5.02 Å². The number of aromatic nitrogens is 2. The monoisotopic (exact) mass is 505 g/mol. The minimum absolute atomic E-state index is 0.146. The Labute approximate surface area is 215 Å². The lowest BCUT2D eigenvalue weighted by molar-refractivity contribution is 0.0787. The van der Waals surface area contributed by atoms with Crippen LogP contribution >= 0.6 is 11.6 Å². The Morgan fingerprint density at radius 3 is 2.36 bits per heavy atom. The molecule has 0 aliphatic rings. The van der Waals surface area contributed by atoms with Crippen molar-refractivity contribution in [3.8, 4) is 34.2 Å². The second kappa shape index (κ2) is 11.2. The molecule has 8 heteroatoms. The van der Waals surface area contributed by atoms with Gasteiger partial charge in [0.05, 0.1) is 32.7 Å². The van der Waals surface area contributed by atoms with Crippen molar-refractivity contribution in [3.63, 3.8) is 0 Å². The minimum Gasteiger partial charge on any atom is -0.497 e. The standard InChI is InChI=1S/C28H28ClN3O4/c1-31(15-14-19-8-13-26(35-3)27(16-19)36-4)28(33)25-18-24(20-6-5-7-23(17-20)34-2)30-32(25)22-11-9-21(29)10-12-22/h5-13,16-18H,14-15H2,1-4H3. The van der Waals surface area contributed by atoms with Crippen LogP contribution in [0, 0.1) is 0 Å². The number of methoxy groups -OCH3 is 3. The average molecular weight is 506 g/mol. The van der Waals surface area contributed by atoms with Crippen LogP contribution in [0.1, 0.15) is 16.1 Å². The van der Waals surface area contributed by atoms with E-state index in [1.165, 1.54) is 0 Å². The van der Waals surface area contributed by atoms with E-state index in [2.05, 4.69) is 0 Å². The lowest BCUT2D eigenvalue weighted by Crippen LogP contribution is -2.30. The molecule has 0 unspecified atom stereocenters. The van der Waals surface area contributed by atoms with Crippen molar-refractivity contribution in [2.75, 3.05) is 34.9 Å². The number of carbonyl (C=O) groups excluding carboxylic acids is 1. The molecular formula is C28H28ClN3O4. The summed E-state index contributed by atoms with van der Waals surface area (Å²) in [6, 6.07) is 22.4. The Kier molecular flexibility index (Phi) is 7.80. The van der Waals surface area contributed by atoms with Gasteiger partial charge in [-0.1, -0.05) is 29.8 Å². The zero-order chi connectivity index (χ0) is 25.7. The molecule has 0 bridgehead atoms. The molecule has 186 valence electrons. The Morgan fingerprint density at radius 2 is 1.67 bits per heavy atom. The van der Waals surface area contributed by atoms with Crippen molar-refractivity contribution in [1.82, 2.24) is 14.7 Å². The number of hydrogen-bond donors (Lipinski definition) is 0. The van der Waals surface area contributed by atoms with E-state index in [-0.39, 0.29) is 5.91 Å². The van der Waals surface area contributed by atoms with E-state index >= 15 is 0 Å². The molecule has 4 rings (SSSR count). The molecule has 0 aliphatic carbocycles. The van der Waals surface area contributed by atoms with Gasteiger partial charge in [0.2, 0.25) is 0 Å². The molecule has 0 atom stereocenters. The summed E-state index contributed by atoms with van der Waals surface area (Å²) in [5.41, 5.74) is 3.75. The van der Waals surface area contributed by atoms with E-state index in [9.17, 15) is 4.79 Å². The maximum atomic E-state index is 13.6. The Hall–Kier alpha value is -3.97. The fourth-order valence-electron chi connectivity index (χ4n) is 3.87. The van der Waals surface area contributed by atoms with E-state index in [1.807, 2.05) is 54.6 Å². The number of hydrogen-bond acceptors (Lipinski definition) is 5. The highest BCUT2D eigenvalue weighted by Crippen LogP contribution is 2.28. The molecule has 4 aromatic rings. The van der Waals surface area contributed by atoms with Gasteiger partial charge in [-0.05, 0) is 66.6 Å². The van der Waals surface area contributed by atoms with Crippen LogP contribution in [0.4, 0.5) is 0 Å². The largest absolute Gasteiger partial charge is 0.497 e. The van der Waals surface area contributed by atoms with Crippen molar-refractivity contribution in [2.45, 2.75) is 6.42 Å². The number of amides is 1. The highest BCUT2D eigenvalue weighted by atomic mass is 35.5. The van der Waals surface area contributed by atoms with Gasteiger partial charge in [-0.3, -0.25) is 4.79 Å². The van der Waals surface area contributed by atoms with Crippen LogP contribution in [-0.2, 0) is 6.42 Å². The molecule has 0 fully saturated rings. The summed E-state index contributed by atoms with van der Waals surface area (Å²) in [4.78, 5) is 15.3. The molecule has 0 radical (unpaired) electrons. The molecule has 0 spiro atoms. The van der Waals surface area contributed by atoms with Gasteiger partial charge in [0.15, 0.2) is 11.5 Å². The molecule has 1 aromatic heterocycles. The Morgan fingerprint density at radius 1 is 0.917 bits per heavy atom. The fourth-order valence-corrected chi connectivity index (χ4v) is 3.99. The van der Waals surface area contributed by atoms with Crippen LogP contribution in [0.25, 0.3) is 16.9 Å². The topological polar surface area (TPSA) is 65.8 Å². The van der Waals surface area contributed by atoms with E-state index in [0.717, 1.165) is 16.8 Å². The second-order valence-electron chi connectivity index (χ2n) is 8.20. The Balaban J connectivity index is 1.62. The zero-order valence-corrected chi connectivity index (χ0v) is 21.5. The summed E-state index contributed by atoms with van der Waals surface area (Å²) in [5.74, 6) is 1.90. The van der Waals surface area contributed by atoms with Gasteiger partial charge in [-0.2, -0.15) is 5.10 Å². The average Bonchev–Trinajstić information content (AvgIpc) is 3.37. The van der Waals surface area contributed by atoms with Crippen LogP contribution in [-0.4, -0.2) is 55.5 Å². The predicted octanol–water partition coefficient (Wildman–Crippen LogP) is 5.53. The van der Waals surface area contributed by atoms with Crippen LogP contribution in [0.5, 0.6) is 17.2 Å². The molecule has 1 amide bonds. The van der Waals surface area contributed by atoms with Crippen molar-refractivity contribution in [3.05, 3.63) is 89.1 Å². The third-order valence-corrected chi connectivity index (χ3v) is 6.15. The molecule has 3 aromatic carbocycles. The van der Waals surface area contributed by atoms with Gasteiger partial charge in [0, 0.05) is 24.2 Å². The van der Waals surface area contributed by atoms with Crippen molar-refractivity contribution >= 4 is 17.5 Å². The van der Waals surface area contributed by atoms with Gasteiger partial charge in [0.25, 0.3) is 5.91 Å². The van der Waals surface area contributed by atoms with E-state index in [0.29, 0.717) is 46.6 Å². The predicted molar refractivity (Wildman–Crippen MR) is 141 cm³/mol. The highest BCUT2D eigenvalue weighted by molar-refractivity contribution is 6.30. The molecule has 0 saturated heterocycles. The number of likely N-dealkylation sites (N-methyl/N-ethyl adjacent to an activating group) is 1. The molecule has 0 aliphatic heterocycles. The normalized spacial score (nSPS) is 10.7. The fraction of sp³-hybridized carbons (Fsp3) is 0.214. The number of nitrogens with zero attached hydrogens (tertiary/aromatic N) is 3. The number of carbonyl (C=O) groups is 1. The Bertz CT molecular complexity index is 1350. The van der Waals surface area contributed by atoms with E-state index in [4.69, 9.17) is 30.9 Å². The number of rotatable bonds is 9. The molecular weight excluding hydrogens is 478 g/mol. The van der Waals surface area contributed by atoms with Crippen LogP contribution in [0.15, 0.2) is 72.8 Å². The first-order valence-corrected chi connectivity index (χ1v) is 11.8. The maximum absolute atomic E-state index is 13.6.